The number of nitrogens with zero attached hydrogens (tertiary/aromatic N) is 4. The highest BCUT2D eigenvalue weighted by atomic mass is 16.5. The number of benzene rings is 2. The Kier molecular flexibility index (Phi) is 5.49. The molecule has 27 heavy (non-hydrogen) atoms. The van der Waals surface area contributed by atoms with Crippen LogP contribution in [-0.2, 0) is 6.54 Å². The number of ether oxygens (including phenoxy) is 1. The van der Waals surface area contributed by atoms with Crippen LogP contribution in [0.1, 0.15) is 41.2 Å². The molecule has 3 rings (SSSR count). The zero-order valence-corrected chi connectivity index (χ0v) is 15.9. The Labute approximate surface area is 158 Å². The second-order valence-electron chi connectivity index (χ2n) is 6.65. The number of rotatable bonds is 6. The summed E-state index contributed by atoms with van der Waals surface area (Å²) in [5, 5.41) is 14.6. The van der Waals surface area contributed by atoms with Gasteiger partial charge in [0.05, 0.1) is 18.3 Å². The molecule has 7 heteroatoms. The van der Waals surface area contributed by atoms with E-state index in [9.17, 15) is 4.79 Å². The second-order valence-corrected chi connectivity index (χ2v) is 6.65. The number of amides is 1. The Balaban J connectivity index is 1.68. The predicted octanol–water partition coefficient (Wildman–Crippen LogP) is 3.00. The number of hydrogen-bond donors (Lipinski definition) is 1. The van der Waals surface area contributed by atoms with Crippen LogP contribution in [0, 0.1) is 13.8 Å². The maximum Gasteiger partial charge on any atom is 0.251 e. The van der Waals surface area contributed by atoms with Gasteiger partial charge in [0.1, 0.15) is 5.75 Å². The molecule has 0 atom stereocenters. The summed E-state index contributed by atoms with van der Waals surface area (Å²) < 4.78 is 7.22. The van der Waals surface area contributed by atoms with Gasteiger partial charge < -0.3 is 10.1 Å². The smallest absolute Gasteiger partial charge is 0.251 e. The third-order valence-corrected chi connectivity index (χ3v) is 4.16. The van der Waals surface area contributed by atoms with Crippen molar-refractivity contribution in [3.8, 4) is 11.4 Å². The molecule has 7 nitrogen and oxygen atoms in total. The second kappa shape index (κ2) is 7.99. The number of carbonyl (C=O) groups is 1. The standard InChI is InChI=1S/C20H23N5O2/c1-13(2)27-18-9-6-16(7-10-18)20(26)21-12-19-22-23-24-25(19)17-8-5-14(3)15(4)11-17/h5-11,13H,12H2,1-4H3,(H,21,26). The molecule has 1 aromatic heterocycles. The summed E-state index contributed by atoms with van der Waals surface area (Å²) in [5.74, 6) is 1.10. The van der Waals surface area contributed by atoms with Crippen LogP contribution < -0.4 is 10.1 Å². The van der Waals surface area contributed by atoms with Gasteiger partial charge in [0, 0.05) is 5.56 Å². The van der Waals surface area contributed by atoms with E-state index in [4.69, 9.17) is 4.74 Å². The van der Waals surface area contributed by atoms with E-state index in [1.807, 2.05) is 39.0 Å². The highest BCUT2D eigenvalue weighted by molar-refractivity contribution is 5.94. The maximum atomic E-state index is 12.4. The minimum Gasteiger partial charge on any atom is -0.491 e. The van der Waals surface area contributed by atoms with Crippen molar-refractivity contribution in [2.45, 2.75) is 40.3 Å². The van der Waals surface area contributed by atoms with Gasteiger partial charge in [0.15, 0.2) is 5.82 Å². The number of aromatic nitrogens is 4. The van der Waals surface area contributed by atoms with Gasteiger partial charge in [-0.15, -0.1) is 5.10 Å². The van der Waals surface area contributed by atoms with Crippen LogP contribution in [0.2, 0.25) is 0 Å². The van der Waals surface area contributed by atoms with E-state index in [1.165, 1.54) is 5.56 Å². The summed E-state index contributed by atoms with van der Waals surface area (Å²) in [6, 6.07) is 13.0. The molecule has 1 N–H and O–H groups in total. The Bertz CT molecular complexity index is 932. The van der Waals surface area contributed by atoms with E-state index >= 15 is 0 Å². The van der Waals surface area contributed by atoms with E-state index in [0.29, 0.717) is 11.4 Å². The fourth-order valence-corrected chi connectivity index (χ4v) is 2.59. The number of tetrazole rings is 1. The first-order valence-corrected chi connectivity index (χ1v) is 8.84. The van der Waals surface area contributed by atoms with Crippen molar-refractivity contribution in [3.63, 3.8) is 0 Å². The maximum absolute atomic E-state index is 12.4. The van der Waals surface area contributed by atoms with E-state index in [-0.39, 0.29) is 18.6 Å². The first-order chi connectivity index (χ1) is 12.9. The van der Waals surface area contributed by atoms with Crippen molar-refractivity contribution in [2.24, 2.45) is 0 Å². The molecule has 0 unspecified atom stereocenters. The molecule has 0 saturated heterocycles. The number of aryl methyl sites for hydroxylation is 2. The summed E-state index contributed by atoms with van der Waals surface area (Å²) in [6.45, 7) is 8.23. The first kappa shape index (κ1) is 18.6. The van der Waals surface area contributed by atoms with Crippen LogP contribution in [0.15, 0.2) is 42.5 Å². The zero-order chi connectivity index (χ0) is 19.4. The van der Waals surface area contributed by atoms with Gasteiger partial charge in [-0.2, -0.15) is 4.68 Å². The zero-order valence-electron chi connectivity index (χ0n) is 15.9. The largest absolute Gasteiger partial charge is 0.491 e. The van der Waals surface area contributed by atoms with Gasteiger partial charge in [-0.25, -0.2) is 0 Å². The van der Waals surface area contributed by atoms with Gasteiger partial charge in [0.2, 0.25) is 0 Å². The van der Waals surface area contributed by atoms with Crippen LogP contribution in [0.25, 0.3) is 5.69 Å². The summed E-state index contributed by atoms with van der Waals surface area (Å²) in [5.41, 5.74) is 3.77. The minimum absolute atomic E-state index is 0.0916. The quantitative estimate of drug-likeness (QED) is 0.726. The third kappa shape index (κ3) is 4.49. The summed E-state index contributed by atoms with van der Waals surface area (Å²) >= 11 is 0. The predicted molar refractivity (Wildman–Crippen MR) is 102 cm³/mol. The van der Waals surface area contributed by atoms with Crippen molar-refractivity contribution in [1.29, 1.82) is 0 Å². The average Bonchev–Trinajstić information content (AvgIpc) is 3.10. The Morgan fingerprint density at radius 3 is 2.52 bits per heavy atom. The lowest BCUT2D eigenvalue weighted by Gasteiger charge is -2.10. The monoisotopic (exact) mass is 365 g/mol. The van der Waals surface area contributed by atoms with Crippen LogP contribution in [-0.4, -0.2) is 32.2 Å². The Hall–Kier alpha value is -3.22. The molecule has 0 radical (unpaired) electrons. The molecule has 140 valence electrons. The molecule has 0 fully saturated rings. The molecule has 1 heterocycles. The summed E-state index contributed by atoms with van der Waals surface area (Å²) in [7, 11) is 0. The van der Waals surface area contributed by atoms with Crippen LogP contribution in [0.3, 0.4) is 0 Å². The highest BCUT2D eigenvalue weighted by Crippen LogP contribution is 2.15. The van der Waals surface area contributed by atoms with E-state index in [0.717, 1.165) is 17.0 Å². The fourth-order valence-electron chi connectivity index (χ4n) is 2.59. The molecule has 2 aromatic carbocycles. The Morgan fingerprint density at radius 2 is 1.85 bits per heavy atom. The van der Waals surface area contributed by atoms with E-state index < -0.39 is 0 Å². The number of hydrogen-bond acceptors (Lipinski definition) is 5. The van der Waals surface area contributed by atoms with Crippen molar-refractivity contribution in [2.75, 3.05) is 0 Å². The molecular weight excluding hydrogens is 342 g/mol. The summed E-state index contributed by atoms with van der Waals surface area (Å²) in [6.07, 6.45) is 0.0916. The lowest BCUT2D eigenvalue weighted by Crippen LogP contribution is -2.24. The molecule has 0 bridgehead atoms. The fraction of sp³-hybridized carbons (Fsp3) is 0.300. The van der Waals surface area contributed by atoms with Crippen molar-refractivity contribution >= 4 is 5.91 Å². The van der Waals surface area contributed by atoms with Gasteiger partial charge in [0.25, 0.3) is 5.91 Å². The molecule has 0 saturated carbocycles. The molecule has 0 spiro atoms. The van der Waals surface area contributed by atoms with Crippen LogP contribution >= 0.6 is 0 Å². The lowest BCUT2D eigenvalue weighted by molar-refractivity contribution is 0.0949. The Morgan fingerprint density at radius 1 is 1.11 bits per heavy atom. The molecule has 3 aromatic rings. The first-order valence-electron chi connectivity index (χ1n) is 8.84. The molecule has 0 aliphatic carbocycles. The molecule has 0 aliphatic rings. The van der Waals surface area contributed by atoms with Gasteiger partial charge in [-0.1, -0.05) is 6.07 Å². The summed E-state index contributed by atoms with van der Waals surface area (Å²) in [4.78, 5) is 12.4. The van der Waals surface area contributed by atoms with Crippen LogP contribution in [0.5, 0.6) is 5.75 Å². The van der Waals surface area contributed by atoms with Crippen molar-refractivity contribution < 1.29 is 9.53 Å². The lowest BCUT2D eigenvalue weighted by atomic mass is 10.1. The highest BCUT2D eigenvalue weighted by Gasteiger charge is 2.12. The topological polar surface area (TPSA) is 81.9 Å². The van der Waals surface area contributed by atoms with Crippen molar-refractivity contribution in [3.05, 3.63) is 65.0 Å². The minimum atomic E-state index is -0.194. The van der Waals surface area contributed by atoms with Gasteiger partial charge in [-0.05, 0) is 85.6 Å². The average molecular weight is 365 g/mol. The number of nitrogens with one attached hydrogen (secondary N) is 1. The van der Waals surface area contributed by atoms with Gasteiger partial charge in [-0.3, -0.25) is 4.79 Å². The molecular formula is C20H23N5O2. The number of carbonyl (C=O) groups excluding carboxylic acids is 1. The van der Waals surface area contributed by atoms with E-state index in [1.54, 1.807) is 28.9 Å². The SMILES string of the molecule is Cc1ccc(-n2nnnc2CNC(=O)c2ccc(OC(C)C)cc2)cc1C. The van der Waals surface area contributed by atoms with Crippen molar-refractivity contribution in [1.82, 2.24) is 25.5 Å². The normalized spacial score (nSPS) is 10.9. The third-order valence-electron chi connectivity index (χ3n) is 4.16. The van der Waals surface area contributed by atoms with Crippen LogP contribution in [0.4, 0.5) is 0 Å². The van der Waals surface area contributed by atoms with Gasteiger partial charge >= 0.3 is 0 Å². The molecule has 0 aliphatic heterocycles. The molecule has 1 amide bonds. The van der Waals surface area contributed by atoms with E-state index in [2.05, 4.69) is 27.8 Å².